The van der Waals surface area contributed by atoms with Crippen molar-refractivity contribution in [3.63, 3.8) is 0 Å². The summed E-state index contributed by atoms with van der Waals surface area (Å²) >= 11 is 0. The van der Waals surface area contributed by atoms with Gasteiger partial charge in [-0.15, -0.1) is 0 Å². The fraction of sp³-hybridized carbons (Fsp3) is 0.125. The number of hydrogen-bond donors (Lipinski definition) is 1. The van der Waals surface area contributed by atoms with Gasteiger partial charge in [0.15, 0.2) is 0 Å². The molecule has 0 aliphatic heterocycles. The molecule has 0 amide bonds. The number of aromatic nitrogens is 3. The highest BCUT2D eigenvalue weighted by Crippen LogP contribution is 2.14. The van der Waals surface area contributed by atoms with Gasteiger partial charge in [-0.25, -0.2) is 4.79 Å². The van der Waals surface area contributed by atoms with E-state index in [1.807, 2.05) is 0 Å². The number of carbonyl (C=O) groups is 1. The van der Waals surface area contributed by atoms with Crippen LogP contribution >= 0.6 is 0 Å². The molecule has 0 bridgehead atoms. The third-order valence-corrected chi connectivity index (χ3v) is 1.86. The molecule has 2 rings (SSSR count). The summed E-state index contributed by atoms with van der Waals surface area (Å²) < 4.78 is 1.51. The van der Waals surface area contributed by atoms with Crippen LogP contribution in [0.1, 0.15) is 10.4 Å². The fourth-order valence-electron chi connectivity index (χ4n) is 1.28. The number of fused-ring (bicyclic) bond motifs is 1. The minimum Gasteiger partial charge on any atom is -0.478 e. The maximum atomic E-state index is 10.8. The number of rotatable bonds is 1. The lowest BCUT2D eigenvalue weighted by Gasteiger charge is -1.98. The van der Waals surface area contributed by atoms with Crippen LogP contribution in [0.4, 0.5) is 0 Å². The Kier molecular flexibility index (Phi) is 1.51. The third-order valence-electron chi connectivity index (χ3n) is 1.86. The summed E-state index contributed by atoms with van der Waals surface area (Å²) in [6, 6.07) is 1.46. The zero-order valence-corrected chi connectivity index (χ0v) is 6.93. The summed E-state index contributed by atoms with van der Waals surface area (Å²) in [6.45, 7) is 0. The van der Waals surface area contributed by atoms with Crippen molar-refractivity contribution in [2.75, 3.05) is 0 Å². The van der Waals surface area contributed by atoms with Crippen LogP contribution in [0, 0.1) is 0 Å². The largest absolute Gasteiger partial charge is 0.478 e. The minimum absolute atomic E-state index is 0.227. The SMILES string of the molecule is Cn1ncc2nccc(C(=O)O)c21. The first-order chi connectivity index (χ1) is 6.20. The van der Waals surface area contributed by atoms with Gasteiger partial charge >= 0.3 is 5.97 Å². The standard InChI is InChI=1S/C8H7N3O2/c1-11-7-5(8(12)13)2-3-9-6(7)4-10-11/h2-4H,1H3,(H,12,13). The molecule has 0 radical (unpaired) electrons. The van der Waals surface area contributed by atoms with Gasteiger partial charge < -0.3 is 5.11 Å². The minimum atomic E-state index is -0.962. The van der Waals surface area contributed by atoms with Crippen LogP contribution in [-0.4, -0.2) is 25.8 Å². The van der Waals surface area contributed by atoms with Crippen molar-refractivity contribution in [3.8, 4) is 0 Å². The normalized spacial score (nSPS) is 10.5. The first-order valence-corrected chi connectivity index (χ1v) is 3.70. The second kappa shape index (κ2) is 2.55. The number of aryl methyl sites for hydroxylation is 1. The average Bonchev–Trinajstić information content (AvgIpc) is 2.48. The van der Waals surface area contributed by atoms with Gasteiger partial charge in [0.2, 0.25) is 0 Å². The summed E-state index contributed by atoms with van der Waals surface area (Å²) in [4.78, 5) is 14.8. The van der Waals surface area contributed by atoms with Crippen LogP contribution < -0.4 is 0 Å². The molecule has 0 spiro atoms. The third kappa shape index (κ3) is 1.05. The molecular weight excluding hydrogens is 170 g/mol. The van der Waals surface area contributed by atoms with Gasteiger partial charge in [0.1, 0.15) is 11.0 Å². The lowest BCUT2D eigenvalue weighted by molar-refractivity contribution is 0.0698. The van der Waals surface area contributed by atoms with Crippen molar-refractivity contribution >= 4 is 17.0 Å². The Morgan fingerprint density at radius 2 is 2.38 bits per heavy atom. The Labute approximate surface area is 73.6 Å². The molecule has 2 aromatic rings. The van der Waals surface area contributed by atoms with E-state index in [-0.39, 0.29) is 5.56 Å². The van der Waals surface area contributed by atoms with Crippen LogP contribution in [0.5, 0.6) is 0 Å². The van der Waals surface area contributed by atoms with Gasteiger partial charge in [-0.2, -0.15) is 5.10 Å². The molecule has 2 heterocycles. The molecule has 0 fully saturated rings. The predicted molar refractivity (Wildman–Crippen MR) is 45.5 cm³/mol. The highest BCUT2D eigenvalue weighted by molar-refractivity contribution is 6.00. The van der Waals surface area contributed by atoms with Crippen LogP contribution in [0.3, 0.4) is 0 Å². The molecule has 0 aliphatic carbocycles. The lowest BCUT2D eigenvalue weighted by Crippen LogP contribution is -2.01. The summed E-state index contributed by atoms with van der Waals surface area (Å²) in [7, 11) is 1.69. The fourth-order valence-corrected chi connectivity index (χ4v) is 1.28. The number of carboxylic acid groups (broad SMARTS) is 1. The molecule has 0 saturated heterocycles. The average molecular weight is 177 g/mol. The smallest absolute Gasteiger partial charge is 0.338 e. The Morgan fingerprint density at radius 1 is 1.62 bits per heavy atom. The monoisotopic (exact) mass is 177 g/mol. The van der Waals surface area contributed by atoms with Gasteiger partial charge in [-0.05, 0) is 6.07 Å². The molecule has 0 atom stereocenters. The van der Waals surface area contributed by atoms with Crippen molar-refractivity contribution in [1.82, 2.24) is 14.8 Å². The van der Waals surface area contributed by atoms with E-state index < -0.39 is 5.97 Å². The Balaban J connectivity index is 2.88. The van der Waals surface area contributed by atoms with E-state index in [0.29, 0.717) is 11.0 Å². The van der Waals surface area contributed by atoms with E-state index in [2.05, 4.69) is 10.1 Å². The molecule has 5 heteroatoms. The van der Waals surface area contributed by atoms with Gasteiger partial charge in [-0.1, -0.05) is 0 Å². The Hall–Kier alpha value is -1.91. The highest BCUT2D eigenvalue weighted by atomic mass is 16.4. The zero-order valence-electron chi connectivity index (χ0n) is 6.93. The maximum Gasteiger partial charge on any atom is 0.338 e. The topological polar surface area (TPSA) is 68.0 Å². The molecule has 0 aliphatic rings. The van der Waals surface area contributed by atoms with Crippen LogP contribution in [0.15, 0.2) is 18.5 Å². The second-order valence-electron chi connectivity index (χ2n) is 2.67. The van der Waals surface area contributed by atoms with Gasteiger partial charge in [0.05, 0.1) is 11.8 Å². The van der Waals surface area contributed by atoms with E-state index in [9.17, 15) is 4.79 Å². The Morgan fingerprint density at radius 3 is 3.08 bits per heavy atom. The van der Waals surface area contributed by atoms with E-state index in [4.69, 9.17) is 5.11 Å². The first-order valence-electron chi connectivity index (χ1n) is 3.70. The summed E-state index contributed by atoms with van der Waals surface area (Å²) in [6.07, 6.45) is 3.01. The van der Waals surface area contributed by atoms with Crippen LogP contribution in [0.2, 0.25) is 0 Å². The Bertz CT molecular complexity index is 475. The van der Waals surface area contributed by atoms with Gasteiger partial charge in [-0.3, -0.25) is 9.67 Å². The van der Waals surface area contributed by atoms with Crippen LogP contribution in [0.25, 0.3) is 11.0 Å². The number of carboxylic acids is 1. The van der Waals surface area contributed by atoms with Gasteiger partial charge in [0.25, 0.3) is 0 Å². The second-order valence-corrected chi connectivity index (χ2v) is 2.67. The van der Waals surface area contributed by atoms with Crippen molar-refractivity contribution < 1.29 is 9.90 Å². The summed E-state index contributed by atoms with van der Waals surface area (Å²) in [5.41, 5.74) is 1.38. The van der Waals surface area contributed by atoms with E-state index in [1.165, 1.54) is 16.9 Å². The zero-order chi connectivity index (χ0) is 9.42. The number of aromatic carboxylic acids is 1. The lowest BCUT2D eigenvalue weighted by atomic mass is 10.2. The number of nitrogens with zero attached hydrogens (tertiary/aromatic N) is 3. The predicted octanol–water partition coefficient (Wildman–Crippen LogP) is 0.666. The number of hydrogen-bond acceptors (Lipinski definition) is 3. The summed E-state index contributed by atoms with van der Waals surface area (Å²) in [5, 5.41) is 12.8. The van der Waals surface area contributed by atoms with Crippen molar-refractivity contribution in [1.29, 1.82) is 0 Å². The van der Waals surface area contributed by atoms with E-state index >= 15 is 0 Å². The molecule has 1 N–H and O–H groups in total. The molecule has 0 unspecified atom stereocenters. The quantitative estimate of drug-likeness (QED) is 0.695. The molecule has 5 nitrogen and oxygen atoms in total. The van der Waals surface area contributed by atoms with E-state index in [1.54, 1.807) is 13.2 Å². The highest BCUT2D eigenvalue weighted by Gasteiger charge is 2.11. The van der Waals surface area contributed by atoms with Crippen molar-refractivity contribution in [3.05, 3.63) is 24.0 Å². The van der Waals surface area contributed by atoms with Crippen LogP contribution in [-0.2, 0) is 7.05 Å². The molecule has 66 valence electrons. The molecule has 0 saturated carbocycles. The summed E-state index contributed by atoms with van der Waals surface area (Å²) in [5.74, 6) is -0.962. The first kappa shape index (κ1) is 7.72. The number of pyridine rings is 1. The molecule has 13 heavy (non-hydrogen) atoms. The van der Waals surface area contributed by atoms with Crippen molar-refractivity contribution in [2.24, 2.45) is 7.05 Å². The van der Waals surface area contributed by atoms with Gasteiger partial charge in [0, 0.05) is 13.2 Å². The molecule has 2 aromatic heterocycles. The maximum absolute atomic E-state index is 10.8. The van der Waals surface area contributed by atoms with Crippen molar-refractivity contribution in [2.45, 2.75) is 0 Å². The molecular formula is C8H7N3O2. The van der Waals surface area contributed by atoms with E-state index in [0.717, 1.165) is 0 Å². The molecule has 0 aromatic carbocycles.